The molecule has 4 aromatic rings. The molecule has 8 rings (SSSR count). The zero-order valence-corrected chi connectivity index (χ0v) is 26.9. The topological polar surface area (TPSA) is 0 Å². The van der Waals surface area contributed by atoms with E-state index in [2.05, 4.69) is 23.7 Å². The number of hydrogen-bond donors (Lipinski definition) is 0. The Morgan fingerprint density at radius 1 is 0.429 bits per heavy atom. The lowest BCUT2D eigenvalue weighted by atomic mass is 9.70. The van der Waals surface area contributed by atoms with Crippen molar-refractivity contribution in [3.63, 3.8) is 0 Å². The van der Waals surface area contributed by atoms with Gasteiger partial charge in [-0.15, -0.1) is 0 Å². The molecule has 0 spiro atoms. The van der Waals surface area contributed by atoms with E-state index in [1.165, 1.54) is 12.2 Å². The van der Waals surface area contributed by atoms with Crippen molar-refractivity contribution in [1.29, 1.82) is 0 Å². The summed E-state index contributed by atoms with van der Waals surface area (Å²) in [5.41, 5.74) is -1.29. The van der Waals surface area contributed by atoms with Gasteiger partial charge in [0.2, 0.25) is 0 Å². The van der Waals surface area contributed by atoms with E-state index >= 15 is 26.3 Å². The molecule has 8 heteroatoms. The summed E-state index contributed by atoms with van der Waals surface area (Å²) in [4.78, 5) is 0.852. The van der Waals surface area contributed by atoms with Crippen LogP contribution >= 0.6 is 23.5 Å². The third-order valence-corrected chi connectivity index (χ3v) is 12.1. The van der Waals surface area contributed by atoms with Gasteiger partial charge in [0.25, 0.3) is 0 Å². The minimum absolute atomic E-state index is 0.391. The van der Waals surface area contributed by atoms with Crippen molar-refractivity contribution in [3.8, 4) is 23.7 Å². The Kier molecular flexibility index (Phi) is 7.16. The SMILES string of the molecule is FC1(F)C2=C3C=C(c4ccccc4)SC3(C#Cc3ccccc3)C3(C#Cc4ccccc4)SC(c4ccccc4)=CC3=C2C(F)(F)C1(F)F. The number of halogens is 6. The van der Waals surface area contributed by atoms with Crippen LogP contribution in [0.15, 0.2) is 156 Å². The molecule has 2 unspecified atom stereocenters. The molecular weight excluding hydrogens is 671 g/mol. The Balaban J connectivity index is 1.53. The van der Waals surface area contributed by atoms with E-state index in [4.69, 9.17) is 0 Å². The fourth-order valence-electron chi connectivity index (χ4n) is 6.63. The van der Waals surface area contributed by atoms with Crippen LogP contribution in [0.3, 0.4) is 0 Å². The zero-order chi connectivity index (χ0) is 34.1. The van der Waals surface area contributed by atoms with E-state index in [-0.39, 0.29) is 0 Å². The fraction of sp³-hybridized carbons (Fsp3) is 0.122. The van der Waals surface area contributed by atoms with Crippen molar-refractivity contribution in [2.75, 3.05) is 0 Å². The number of fused-ring (bicyclic) bond motifs is 4. The van der Waals surface area contributed by atoms with Crippen LogP contribution in [0, 0.1) is 23.7 Å². The molecule has 4 aliphatic rings. The number of rotatable bonds is 2. The third-order valence-electron chi connectivity index (χ3n) is 8.97. The number of alkyl halides is 6. The van der Waals surface area contributed by atoms with Crippen LogP contribution in [-0.4, -0.2) is 27.3 Å². The molecule has 2 atom stereocenters. The van der Waals surface area contributed by atoms with Crippen molar-refractivity contribution < 1.29 is 26.3 Å². The Hall–Kier alpha value is -4.76. The fourth-order valence-corrected chi connectivity index (χ4v) is 9.76. The second-order valence-electron chi connectivity index (χ2n) is 11.8. The molecule has 4 aromatic carbocycles. The highest BCUT2D eigenvalue weighted by Crippen LogP contribution is 2.75. The average molecular weight is 693 g/mol. The van der Waals surface area contributed by atoms with Gasteiger partial charge in [0.05, 0.1) is 0 Å². The number of hydrogen-bond acceptors (Lipinski definition) is 2. The lowest BCUT2D eigenvalue weighted by molar-refractivity contribution is -0.258. The molecule has 2 aliphatic heterocycles. The Morgan fingerprint density at radius 2 is 0.755 bits per heavy atom. The van der Waals surface area contributed by atoms with Crippen molar-refractivity contribution in [2.45, 2.75) is 27.3 Å². The van der Waals surface area contributed by atoms with Crippen molar-refractivity contribution in [2.24, 2.45) is 0 Å². The average Bonchev–Trinajstić information content (AvgIpc) is 3.74. The normalized spacial score (nSPS) is 25.2. The van der Waals surface area contributed by atoms with Gasteiger partial charge in [-0.25, -0.2) is 0 Å². The molecule has 2 heterocycles. The Bertz CT molecular complexity index is 2090. The maximum atomic E-state index is 16.2. The van der Waals surface area contributed by atoms with Crippen LogP contribution in [0.4, 0.5) is 26.3 Å². The van der Waals surface area contributed by atoms with Crippen LogP contribution < -0.4 is 0 Å². The second-order valence-corrected chi connectivity index (χ2v) is 14.4. The van der Waals surface area contributed by atoms with E-state index in [0.29, 0.717) is 32.1 Å². The lowest BCUT2D eigenvalue weighted by Gasteiger charge is -2.45. The summed E-state index contributed by atoms with van der Waals surface area (Å²) in [5, 5.41) is 0. The van der Waals surface area contributed by atoms with Crippen LogP contribution in [0.25, 0.3) is 9.81 Å². The first-order chi connectivity index (χ1) is 23.5. The van der Waals surface area contributed by atoms with E-state index < -0.39 is 49.6 Å². The third kappa shape index (κ3) is 4.47. The van der Waals surface area contributed by atoms with Gasteiger partial charge in [0.15, 0.2) is 0 Å². The molecule has 0 radical (unpaired) electrons. The van der Waals surface area contributed by atoms with Crippen LogP contribution in [0.1, 0.15) is 22.3 Å². The molecular formula is C41H22F6S2. The van der Waals surface area contributed by atoms with Gasteiger partial charge in [-0.3, -0.25) is 0 Å². The standard InChI is InChI=1S/C41H22F6S2/c42-39(43)35-31-25-33(29-17-9-3-10-18-29)48-37(31,23-21-27-13-5-1-6-14-27)38(24-22-28-15-7-2-8-16-28)32(36(35)40(44,45)41(39,46)47)26-34(49-38)30-19-11-4-12-20-30/h1-20,25-26H. The Morgan fingerprint density at radius 3 is 1.10 bits per heavy atom. The summed E-state index contributed by atoms with van der Waals surface area (Å²) < 4.78 is 92.5. The number of allylic oxidation sites excluding steroid dienone is 4. The molecule has 0 amide bonds. The van der Waals surface area contributed by atoms with Gasteiger partial charge in [-0.2, -0.15) is 26.3 Å². The highest BCUT2D eigenvalue weighted by molar-refractivity contribution is 8.14. The molecule has 0 nitrogen and oxygen atoms in total. The molecule has 240 valence electrons. The first-order valence-corrected chi connectivity index (χ1v) is 16.9. The predicted molar refractivity (Wildman–Crippen MR) is 185 cm³/mol. The van der Waals surface area contributed by atoms with E-state index in [1.54, 1.807) is 121 Å². The summed E-state index contributed by atoms with van der Waals surface area (Å²) in [6.45, 7) is 0. The van der Waals surface area contributed by atoms with Crippen LogP contribution in [0.2, 0.25) is 0 Å². The second kappa shape index (κ2) is 11.1. The van der Waals surface area contributed by atoms with Crippen molar-refractivity contribution in [3.05, 3.63) is 178 Å². The number of thioether (sulfide) groups is 2. The highest BCUT2D eigenvalue weighted by Gasteiger charge is 2.85. The van der Waals surface area contributed by atoms with Gasteiger partial charge in [0, 0.05) is 32.1 Å². The molecule has 2 aliphatic carbocycles. The maximum absolute atomic E-state index is 16.2. The van der Waals surface area contributed by atoms with Gasteiger partial charge in [-0.1, -0.05) is 144 Å². The first-order valence-electron chi connectivity index (χ1n) is 15.2. The molecule has 1 fully saturated rings. The van der Waals surface area contributed by atoms with E-state index in [9.17, 15) is 0 Å². The summed E-state index contributed by atoms with van der Waals surface area (Å²) in [6, 6.07) is 35.2. The van der Waals surface area contributed by atoms with Gasteiger partial charge < -0.3 is 0 Å². The zero-order valence-electron chi connectivity index (χ0n) is 25.3. The first kappa shape index (κ1) is 31.5. The van der Waals surface area contributed by atoms with Gasteiger partial charge in [-0.05, 0) is 58.7 Å². The van der Waals surface area contributed by atoms with Crippen molar-refractivity contribution in [1.82, 2.24) is 0 Å². The quantitative estimate of drug-likeness (QED) is 0.152. The predicted octanol–water partition coefficient (Wildman–Crippen LogP) is 10.7. The summed E-state index contributed by atoms with van der Waals surface area (Å²) >= 11 is 2.18. The van der Waals surface area contributed by atoms with Crippen molar-refractivity contribution >= 4 is 33.3 Å². The molecule has 0 aromatic heterocycles. The summed E-state index contributed by atoms with van der Waals surface area (Å²) in [5.74, 6) is -3.49. The highest BCUT2D eigenvalue weighted by atomic mass is 32.2. The van der Waals surface area contributed by atoms with E-state index in [0.717, 1.165) is 23.5 Å². The number of benzene rings is 4. The molecule has 49 heavy (non-hydrogen) atoms. The van der Waals surface area contributed by atoms with E-state index in [1.807, 2.05) is 0 Å². The molecule has 0 saturated heterocycles. The minimum Gasteiger partial charge on any atom is -0.194 e. The van der Waals surface area contributed by atoms with Gasteiger partial charge >= 0.3 is 17.8 Å². The molecule has 0 N–H and O–H groups in total. The minimum atomic E-state index is -5.71. The summed E-state index contributed by atoms with van der Waals surface area (Å²) in [7, 11) is 0. The monoisotopic (exact) mass is 692 g/mol. The van der Waals surface area contributed by atoms with Crippen LogP contribution in [0.5, 0.6) is 0 Å². The summed E-state index contributed by atoms with van der Waals surface area (Å²) in [6.07, 6.45) is 2.67. The molecule has 0 bridgehead atoms. The largest absolute Gasteiger partial charge is 0.380 e. The smallest absolute Gasteiger partial charge is 0.194 e. The molecule has 1 saturated carbocycles. The Labute approximate surface area is 287 Å². The lowest BCUT2D eigenvalue weighted by Crippen LogP contribution is -2.51. The maximum Gasteiger partial charge on any atom is 0.380 e. The van der Waals surface area contributed by atoms with Crippen LogP contribution in [-0.2, 0) is 0 Å². The van der Waals surface area contributed by atoms with Gasteiger partial charge in [0.1, 0.15) is 9.49 Å².